The number of Topliss-reactive ketones (excluding diaryl/α,β-unsaturated/α-hetero) is 1. The van der Waals surface area contributed by atoms with E-state index in [-0.39, 0.29) is 29.5 Å². The maximum atomic E-state index is 12.0. The Balaban J connectivity index is 1.91. The highest BCUT2D eigenvalue weighted by Crippen LogP contribution is 2.59. The van der Waals surface area contributed by atoms with Crippen LogP contribution in [0.2, 0.25) is 0 Å². The number of hydrogen-bond donors (Lipinski definition) is 0. The van der Waals surface area contributed by atoms with Crippen LogP contribution in [0.15, 0.2) is 18.2 Å². The highest BCUT2D eigenvalue weighted by molar-refractivity contribution is 5.99. The summed E-state index contributed by atoms with van der Waals surface area (Å²) in [5.74, 6) is 0.853. The first-order valence-electron chi connectivity index (χ1n) is 7.14. The summed E-state index contributed by atoms with van der Waals surface area (Å²) >= 11 is 0. The number of para-hydroxylation sites is 1. The molecule has 1 heterocycles. The van der Waals surface area contributed by atoms with Gasteiger partial charge in [0.25, 0.3) is 0 Å². The number of carbonyl (C=O) groups excluding carboxylic acids is 2. The Bertz CT molecular complexity index is 564. The lowest BCUT2D eigenvalue weighted by Crippen LogP contribution is -2.13. The molecule has 1 saturated carbocycles. The van der Waals surface area contributed by atoms with Gasteiger partial charge in [-0.3, -0.25) is 9.59 Å². The Kier molecular flexibility index (Phi) is 3.24. The molecule has 4 heteroatoms. The third kappa shape index (κ3) is 1.90. The number of carbonyl (C=O) groups is 2. The SMILES string of the molecule is CCOC(=O)C1C2COc3c(C(=O)CC)cccc3C21. The van der Waals surface area contributed by atoms with Crippen molar-refractivity contribution in [2.24, 2.45) is 11.8 Å². The van der Waals surface area contributed by atoms with Gasteiger partial charge in [-0.2, -0.15) is 0 Å². The van der Waals surface area contributed by atoms with Gasteiger partial charge in [-0.25, -0.2) is 0 Å². The van der Waals surface area contributed by atoms with Gasteiger partial charge < -0.3 is 9.47 Å². The van der Waals surface area contributed by atoms with Gasteiger partial charge in [-0.05, 0) is 18.6 Å². The molecule has 1 aliphatic heterocycles. The number of ether oxygens (including phenoxy) is 2. The van der Waals surface area contributed by atoms with Crippen LogP contribution >= 0.6 is 0 Å². The lowest BCUT2D eigenvalue weighted by molar-refractivity contribution is -0.145. The van der Waals surface area contributed by atoms with E-state index in [9.17, 15) is 9.59 Å². The molecule has 3 unspecified atom stereocenters. The van der Waals surface area contributed by atoms with E-state index in [2.05, 4.69) is 0 Å². The first kappa shape index (κ1) is 13.2. The summed E-state index contributed by atoms with van der Waals surface area (Å²) in [5.41, 5.74) is 1.62. The fourth-order valence-electron chi connectivity index (χ4n) is 3.13. The minimum Gasteiger partial charge on any atom is -0.492 e. The third-order valence-electron chi connectivity index (χ3n) is 4.17. The van der Waals surface area contributed by atoms with Gasteiger partial charge in [-0.1, -0.05) is 19.1 Å². The molecule has 0 aromatic heterocycles. The standard InChI is InChI=1S/C16H18O4/c1-3-12(17)9-6-5-7-10-13-11(8-20-15(9)10)14(13)16(18)19-4-2/h5-7,11,13-14H,3-4,8H2,1-2H3. The van der Waals surface area contributed by atoms with Crippen molar-refractivity contribution in [3.63, 3.8) is 0 Å². The Hall–Kier alpha value is -1.84. The highest BCUT2D eigenvalue weighted by Gasteiger charge is 2.59. The summed E-state index contributed by atoms with van der Waals surface area (Å²) in [5, 5.41) is 0. The van der Waals surface area contributed by atoms with Crippen molar-refractivity contribution in [1.29, 1.82) is 0 Å². The molecule has 1 aliphatic carbocycles. The lowest BCUT2D eigenvalue weighted by Gasteiger charge is -2.18. The van der Waals surface area contributed by atoms with Crippen molar-refractivity contribution >= 4 is 11.8 Å². The van der Waals surface area contributed by atoms with Gasteiger partial charge in [0.05, 0.1) is 24.7 Å². The summed E-state index contributed by atoms with van der Waals surface area (Å²) in [6.07, 6.45) is 0.454. The van der Waals surface area contributed by atoms with Gasteiger partial charge in [0.2, 0.25) is 0 Å². The summed E-state index contributed by atoms with van der Waals surface area (Å²) in [6, 6.07) is 5.62. The van der Waals surface area contributed by atoms with Gasteiger partial charge in [0.15, 0.2) is 5.78 Å². The molecule has 4 nitrogen and oxygen atoms in total. The molecular weight excluding hydrogens is 256 g/mol. The summed E-state index contributed by atoms with van der Waals surface area (Å²) in [7, 11) is 0. The van der Waals surface area contributed by atoms with Crippen LogP contribution in [-0.2, 0) is 9.53 Å². The van der Waals surface area contributed by atoms with Crippen LogP contribution in [0.25, 0.3) is 0 Å². The molecule has 0 spiro atoms. The van der Waals surface area contributed by atoms with Crippen molar-refractivity contribution < 1.29 is 19.1 Å². The summed E-state index contributed by atoms with van der Waals surface area (Å²) < 4.78 is 10.9. The maximum Gasteiger partial charge on any atom is 0.309 e. The number of rotatable bonds is 4. The quantitative estimate of drug-likeness (QED) is 0.625. The van der Waals surface area contributed by atoms with E-state index in [1.54, 1.807) is 6.07 Å². The molecule has 2 aliphatic rings. The van der Waals surface area contributed by atoms with Crippen molar-refractivity contribution in [3.8, 4) is 5.75 Å². The van der Waals surface area contributed by atoms with Crippen LogP contribution in [0.1, 0.15) is 42.1 Å². The molecule has 3 rings (SSSR count). The average Bonchev–Trinajstić information content (AvgIpc) is 3.21. The molecule has 0 bridgehead atoms. The predicted molar refractivity (Wildman–Crippen MR) is 72.9 cm³/mol. The first-order valence-corrected chi connectivity index (χ1v) is 7.14. The van der Waals surface area contributed by atoms with E-state index in [4.69, 9.17) is 9.47 Å². The fourth-order valence-corrected chi connectivity index (χ4v) is 3.13. The van der Waals surface area contributed by atoms with Gasteiger partial charge in [0, 0.05) is 18.3 Å². The third-order valence-corrected chi connectivity index (χ3v) is 4.17. The van der Waals surface area contributed by atoms with Crippen molar-refractivity contribution in [3.05, 3.63) is 29.3 Å². The van der Waals surface area contributed by atoms with Crippen LogP contribution in [-0.4, -0.2) is 25.0 Å². The largest absolute Gasteiger partial charge is 0.492 e. The Morgan fingerprint density at radius 1 is 1.35 bits per heavy atom. The lowest BCUT2D eigenvalue weighted by atomic mass is 9.98. The van der Waals surface area contributed by atoms with Gasteiger partial charge >= 0.3 is 5.97 Å². The summed E-state index contributed by atoms with van der Waals surface area (Å²) in [4.78, 5) is 23.9. The molecule has 0 amide bonds. The number of ketones is 1. The number of fused-ring (bicyclic) bond motifs is 3. The van der Waals surface area contributed by atoms with Crippen molar-refractivity contribution in [1.82, 2.24) is 0 Å². The zero-order valence-electron chi connectivity index (χ0n) is 11.7. The molecular formula is C16H18O4. The number of hydrogen-bond acceptors (Lipinski definition) is 4. The molecule has 1 aromatic rings. The second kappa shape index (κ2) is 4.93. The van der Waals surface area contributed by atoms with Crippen molar-refractivity contribution in [2.75, 3.05) is 13.2 Å². The van der Waals surface area contributed by atoms with E-state index < -0.39 is 0 Å². The first-order chi connectivity index (χ1) is 9.69. The molecule has 106 valence electrons. The topological polar surface area (TPSA) is 52.6 Å². The highest BCUT2D eigenvalue weighted by atomic mass is 16.5. The molecule has 1 aromatic carbocycles. The van der Waals surface area contributed by atoms with E-state index >= 15 is 0 Å². The van der Waals surface area contributed by atoms with E-state index in [1.165, 1.54) is 0 Å². The van der Waals surface area contributed by atoms with E-state index in [0.29, 0.717) is 30.9 Å². The monoisotopic (exact) mass is 274 g/mol. The van der Waals surface area contributed by atoms with Gasteiger partial charge in [0.1, 0.15) is 5.75 Å². The zero-order chi connectivity index (χ0) is 14.3. The van der Waals surface area contributed by atoms with Crippen LogP contribution in [0.5, 0.6) is 5.75 Å². The normalized spacial score (nSPS) is 26.0. The summed E-state index contributed by atoms with van der Waals surface area (Å²) in [6.45, 7) is 4.55. The second-order valence-corrected chi connectivity index (χ2v) is 5.28. The molecule has 0 radical (unpaired) electrons. The van der Waals surface area contributed by atoms with E-state index in [1.807, 2.05) is 26.0 Å². The fraction of sp³-hybridized carbons (Fsp3) is 0.500. The Morgan fingerprint density at radius 2 is 2.15 bits per heavy atom. The minimum absolute atomic E-state index is 0.0774. The second-order valence-electron chi connectivity index (χ2n) is 5.28. The number of esters is 1. The zero-order valence-corrected chi connectivity index (χ0v) is 11.7. The number of benzene rings is 1. The van der Waals surface area contributed by atoms with Crippen LogP contribution in [0, 0.1) is 11.8 Å². The van der Waals surface area contributed by atoms with Crippen LogP contribution in [0.3, 0.4) is 0 Å². The van der Waals surface area contributed by atoms with E-state index in [0.717, 1.165) is 5.56 Å². The van der Waals surface area contributed by atoms with Gasteiger partial charge in [-0.15, -0.1) is 0 Å². The Labute approximate surface area is 118 Å². The average molecular weight is 274 g/mol. The maximum absolute atomic E-state index is 12.0. The molecule has 0 saturated heterocycles. The van der Waals surface area contributed by atoms with Crippen LogP contribution < -0.4 is 4.74 Å². The smallest absolute Gasteiger partial charge is 0.309 e. The van der Waals surface area contributed by atoms with Crippen LogP contribution in [0.4, 0.5) is 0 Å². The minimum atomic E-state index is -0.147. The Morgan fingerprint density at radius 3 is 2.85 bits per heavy atom. The molecule has 1 fully saturated rings. The van der Waals surface area contributed by atoms with Crippen molar-refractivity contribution in [2.45, 2.75) is 26.2 Å². The molecule has 3 atom stereocenters. The molecule has 20 heavy (non-hydrogen) atoms. The predicted octanol–water partition coefficient (Wildman–Crippen LogP) is 2.56. The molecule has 0 N–H and O–H groups in total.